The van der Waals surface area contributed by atoms with Crippen molar-refractivity contribution in [3.63, 3.8) is 0 Å². The molecule has 3 nitrogen and oxygen atoms in total. The van der Waals surface area contributed by atoms with Crippen LogP contribution in [0.3, 0.4) is 0 Å². The van der Waals surface area contributed by atoms with Gasteiger partial charge in [-0.1, -0.05) is 0 Å². The van der Waals surface area contributed by atoms with E-state index in [1.54, 1.807) is 0 Å². The minimum atomic E-state index is 0. The van der Waals surface area contributed by atoms with Crippen molar-refractivity contribution in [2.24, 2.45) is 2.89 Å². The number of hydrogen-bond donors (Lipinski definition) is 0. The monoisotopic (exact) mass is 269 g/mol. The quantitative estimate of drug-likeness (QED) is 0.393. The average molecular weight is 269 g/mol. The van der Waals surface area contributed by atoms with Crippen LogP contribution in [0.2, 0.25) is 0 Å². The van der Waals surface area contributed by atoms with Gasteiger partial charge in [-0.2, -0.15) is 0 Å². The van der Waals surface area contributed by atoms with Gasteiger partial charge >= 0.3 is 39.1 Å². The zero-order valence-electron chi connectivity index (χ0n) is 2.26. The number of hydrogen-bond acceptors (Lipinski definition) is 2. The van der Waals surface area contributed by atoms with Gasteiger partial charge in [-0.3, -0.25) is 0 Å². The van der Waals surface area contributed by atoms with E-state index in [9.17, 15) is 0 Å². The first-order valence-corrected chi connectivity index (χ1v) is 2.03. The third-order valence-corrected chi connectivity index (χ3v) is 0.327. The number of nitrogens with zero attached hydrogens (tertiary/aromatic N) is 1. The molecule has 0 amide bonds. The summed E-state index contributed by atoms with van der Waals surface area (Å²) in [6.07, 6.45) is 1.34. The molecule has 5 heavy (non-hydrogen) atoms. The summed E-state index contributed by atoms with van der Waals surface area (Å²) in [5, 5.41) is 0. The summed E-state index contributed by atoms with van der Waals surface area (Å²) in [5.74, 6) is 0. The van der Waals surface area contributed by atoms with E-state index >= 15 is 0 Å². The number of isocyanates is 1. The molecule has 0 heterocycles. The van der Waals surface area contributed by atoms with Crippen LogP contribution in [0.25, 0.3) is 0 Å². The third-order valence-electron chi connectivity index (χ3n) is 0.0373. The predicted molar refractivity (Wildman–Crippen MR) is 17.5 cm³/mol. The Bertz CT molecular complexity index is 47.6. The zero-order chi connectivity index (χ0) is 3.41. The molecule has 0 aromatic carbocycles. The van der Waals surface area contributed by atoms with Crippen LogP contribution in [0.1, 0.15) is 0 Å². The Morgan fingerprint density at radius 1 is 1.80 bits per heavy atom. The molecule has 2 N–H and O–H groups in total. The van der Waals surface area contributed by atoms with Crippen LogP contribution in [-0.2, 0) is 4.79 Å². The van der Waals surface area contributed by atoms with E-state index in [0.717, 1.165) is 25.4 Å². The number of carbonyl (C=O) groups excluding carboxylic acids is 1. The standard InChI is InChI=1S/CNO.H2O.Po/c2-1-3;;/h;1H2;/q-1;;+1. The van der Waals surface area contributed by atoms with E-state index < -0.39 is 0 Å². The van der Waals surface area contributed by atoms with Gasteiger partial charge in [0.15, 0.2) is 0 Å². The molecule has 1 radical (unpaired) electrons. The van der Waals surface area contributed by atoms with Crippen molar-refractivity contribution in [1.82, 2.24) is 0 Å². The molecule has 29 valence electrons. The molecular weight excluding hydrogens is 267 g/mol. The topological polar surface area (TPSA) is 60.9 Å². The first kappa shape index (κ1) is 8.97. The summed E-state index contributed by atoms with van der Waals surface area (Å²) < 4.78 is 3.01. The van der Waals surface area contributed by atoms with Crippen molar-refractivity contribution in [3.05, 3.63) is 0 Å². The molecule has 0 rings (SSSR count). The molecule has 0 aromatic heterocycles. The zero-order valence-corrected chi connectivity index (χ0v) is 5.44. The first-order chi connectivity index (χ1) is 1.91. The van der Waals surface area contributed by atoms with Gasteiger partial charge in [0, 0.05) is 0 Å². The van der Waals surface area contributed by atoms with Crippen molar-refractivity contribution in [3.8, 4) is 0 Å². The van der Waals surface area contributed by atoms with Crippen LogP contribution in [-0.4, -0.2) is 36.9 Å². The molecule has 0 aliphatic rings. The van der Waals surface area contributed by atoms with Crippen LogP contribution >= 0.6 is 0 Å². The second kappa shape index (κ2) is 8.87. The van der Waals surface area contributed by atoms with E-state index in [0.29, 0.717) is 0 Å². The summed E-state index contributed by atoms with van der Waals surface area (Å²) in [5.41, 5.74) is 0. The van der Waals surface area contributed by atoms with Gasteiger partial charge in [0.2, 0.25) is 0 Å². The van der Waals surface area contributed by atoms with Crippen LogP contribution in [0.5, 0.6) is 0 Å². The SMILES string of the molecule is O.O=C=[N][Po]. The average Bonchev–Trinajstić information content (AvgIpc) is 1.37. The van der Waals surface area contributed by atoms with E-state index in [4.69, 9.17) is 4.79 Å². The third kappa shape index (κ3) is 13.9. The molecule has 0 aliphatic carbocycles. The Labute approximate surface area is 44.9 Å². The van der Waals surface area contributed by atoms with Crippen LogP contribution < -0.4 is 0 Å². The summed E-state index contributed by atoms with van der Waals surface area (Å²) >= 11 is 0.907. The Morgan fingerprint density at radius 3 is 2.00 bits per heavy atom. The Kier molecular flexibility index (Phi) is 15.9. The Morgan fingerprint density at radius 2 is 2.00 bits per heavy atom. The van der Waals surface area contributed by atoms with E-state index in [-0.39, 0.29) is 5.48 Å². The van der Waals surface area contributed by atoms with Gasteiger partial charge in [-0.15, -0.1) is 0 Å². The molecule has 0 atom stereocenters. The van der Waals surface area contributed by atoms with Crippen molar-refractivity contribution >= 4 is 31.4 Å². The molecule has 0 fully saturated rings. The normalized spacial score (nSPS) is 3.20. The molecule has 0 aliphatic heterocycles. The van der Waals surface area contributed by atoms with Gasteiger partial charge in [0.05, 0.1) is 0 Å². The summed E-state index contributed by atoms with van der Waals surface area (Å²) in [4.78, 5) is 8.90. The molecule has 0 aromatic rings. The van der Waals surface area contributed by atoms with Crippen LogP contribution in [0, 0.1) is 0 Å². The summed E-state index contributed by atoms with van der Waals surface area (Å²) in [6.45, 7) is 0. The Hall–Kier alpha value is 0.236. The molecule has 0 saturated heterocycles. The summed E-state index contributed by atoms with van der Waals surface area (Å²) in [6, 6.07) is 0. The van der Waals surface area contributed by atoms with E-state index in [1.807, 2.05) is 0 Å². The predicted octanol–water partition coefficient (Wildman–Crippen LogP) is -1.42. The van der Waals surface area contributed by atoms with Gasteiger partial charge in [0.25, 0.3) is 0 Å². The van der Waals surface area contributed by atoms with Crippen molar-refractivity contribution < 1.29 is 10.3 Å². The van der Waals surface area contributed by atoms with Crippen LogP contribution in [0.4, 0.5) is 0 Å². The van der Waals surface area contributed by atoms with Gasteiger partial charge in [-0.25, -0.2) is 0 Å². The summed E-state index contributed by atoms with van der Waals surface area (Å²) in [7, 11) is 0. The molecule has 0 saturated carbocycles. The second-order valence-corrected chi connectivity index (χ2v) is 0.892. The fourth-order valence-corrected chi connectivity index (χ4v) is 0. The Balaban J connectivity index is 0. The van der Waals surface area contributed by atoms with Gasteiger partial charge < -0.3 is 5.48 Å². The molecule has 0 spiro atoms. The fourth-order valence-electron chi connectivity index (χ4n) is 0. The van der Waals surface area contributed by atoms with Gasteiger partial charge in [-0.05, 0) is 0 Å². The number of rotatable bonds is 0. The van der Waals surface area contributed by atoms with Crippen molar-refractivity contribution in [1.29, 1.82) is 0 Å². The molecule has 0 bridgehead atoms. The van der Waals surface area contributed by atoms with Gasteiger partial charge in [0.1, 0.15) is 0 Å². The minimum absolute atomic E-state index is 0. The molecule has 4 heteroatoms. The fraction of sp³-hybridized carbons (Fsp3) is 0. The second-order valence-electron chi connectivity index (χ2n) is 0.183. The first-order valence-electron chi connectivity index (χ1n) is 0.610. The van der Waals surface area contributed by atoms with Crippen molar-refractivity contribution in [2.45, 2.75) is 0 Å². The van der Waals surface area contributed by atoms with E-state index in [1.165, 1.54) is 6.08 Å². The van der Waals surface area contributed by atoms with E-state index in [2.05, 4.69) is 2.89 Å². The molecular formula is CH2NO2Po. The molecule has 0 unspecified atom stereocenters. The maximum absolute atomic E-state index is 8.90. The maximum atomic E-state index is 8.90. The van der Waals surface area contributed by atoms with Crippen molar-refractivity contribution in [2.75, 3.05) is 0 Å². The van der Waals surface area contributed by atoms with Crippen LogP contribution in [0.15, 0.2) is 2.89 Å².